The Morgan fingerprint density at radius 2 is 2.00 bits per heavy atom. The lowest BCUT2D eigenvalue weighted by atomic mass is 10.0. The predicted molar refractivity (Wildman–Crippen MR) is 74.7 cm³/mol. The molecule has 6 nitrogen and oxygen atoms in total. The van der Waals surface area contributed by atoms with Crippen molar-refractivity contribution in [2.75, 3.05) is 19.5 Å². The number of carbonyl (C=O) groups excluding carboxylic acids is 2. The Hall–Kier alpha value is -2.50. The fourth-order valence-electron chi connectivity index (χ4n) is 2.12. The van der Waals surface area contributed by atoms with Crippen molar-refractivity contribution in [1.82, 2.24) is 4.98 Å². The topological polar surface area (TPSA) is 94.4 Å². The van der Waals surface area contributed by atoms with Crippen LogP contribution in [-0.2, 0) is 9.47 Å². The molecule has 0 bridgehead atoms. The normalized spacial score (nSPS) is 10.6. The first-order valence-corrected chi connectivity index (χ1v) is 6.16. The number of aryl methyl sites for hydroxylation is 1. The number of nitrogen functional groups attached to an aromatic ring is 1. The average Bonchev–Trinajstić information content (AvgIpc) is 2.72. The molecule has 0 unspecified atom stereocenters. The van der Waals surface area contributed by atoms with Crippen LogP contribution in [0.5, 0.6) is 0 Å². The summed E-state index contributed by atoms with van der Waals surface area (Å²) in [5.74, 6) is -0.698. The molecule has 3 N–H and O–H groups in total. The first kappa shape index (κ1) is 13.9. The molecule has 2 rings (SSSR count). The molecule has 0 aliphatic carbocycles. The molecular weight excluding hydrogens is 260 g/mol. The highest BCUT2D eigenvalue weighted by molar-refractivity contribution is 6.10. The standard InChI is InChI=1S/C14H16N2O4/c1-4-20-14(18)11-9-5-7(2)8(13(17)19-3)6-10(9)16-12(11)15/h5-6,16H,4,15H2,1-3H3. The second kappa shape index (κ2) is 5.24. The summed E-state index contributed by atoms with van der Waals surface area (Å²) < 4.78 is 9.70. The number of rotatable bonds is 3. The lowest BCUT2D eigenvalue weighted by molar-refractivity contribution is 0.0529. The van der Waals surface area contributed by atoms with E-state index in [-0.39, 0.29) is 12.4 Å². The number of hydrogen-bond donors (Lipinski definition) is 2. The number of nitrogens with two attached hydrogens (primary N) is 1. The molecule has 0 saturated heterocycles. The largest absolute Gasteiger partial charge is 0.465 e. The molecular formula is C14H16N2O4. The summed E-state index contributed by atoms with van der Waals surface area (Å²) in [6, 6.07) is 3.34. The molecule has 0 amide bonds. The number of carbonyl (C=O) groups is 2. The van der Waals surface area contributed by atoms with Crippen LogP contribution in [0.15, 0.2) is 12.1 Å². The number of hydrogen-bond acceptors (Lipinski definition) is 5. The predicted octanol–water partition coefficient (Wildman–Crippen LogP) is 2.02. The van der Waals surface area contributed by atoms with E-state index < -0.39 is 11.9 Å². The molecule has 0 fully saturated rings. The number of ether oxygens (including phenoxy) is 2. The third-order valence-corrected chi connectivity index (χ3v) is 3.06. The molecule has 1 aromatic carbocycles. The monoisotopic (exact) mass is 276 g/mol. The van der Waals surface area contributed by atoms with Gasteiger partial charge in [0.15, 0.2) is 0 Å². The number of benzene rings is 1. The van der Waals surface area contributed by atoms with Gasteiger partial charge in [-0.25, -0.2) is 9.59 Å². The zero-order valence-electron chi connectivity index (χ0n) is 11.6. The highest BCUT2D eigenvalue weighted by atomic mass is 16.5. The Morgan fingerprint density at radius 1 is 1.30 bits per heavy atom. The Morgan fingerprint density at radius 3 is 2.60 bits per heavy atom. The van der Waals surface area contributed by atoms with Crippen LogP contribution in [0.2, 0.25) is 0 Å². The SMILES string of the molecule is CCOC(=O)c1c(N)[nH]c2cc(C(=O)OC)c(C)cc12. The number of anilines is 1. The van der Waals surface area contributed by atoms with E-state index in [2.05, 4.69) is 4.98 Å². The highest BCUT2D eigenvalue weighted by Gasteiger charge is 2.20. The molecule has 6 heteroatoms. The number of esters is 2. The summed E-state index contributed by atoms with van der Waals surface area (Å²) in [4.78, 5) is 26.4. The molecule has 0 spiro atoms. The van der Waals surface area contributed by atoms with E-state index in [1.54, 1.807) is 26.0 Å². The molecule has 0 atom stereocenters. The van der Waals surface area contributed by atoms with Gasteiger partial charge in [0.05, 0.1) is 19.3 Å². The molecule has 0 aliphatic heterocycles. The molecule has 0 radical (unpaired) electrons. The minimum atomic E-state index is -0.485. The van der Waals surface area contributed by atoms with Gasteiger partial charge in [0.25, 0.3) is 0 Å². The van der Waals surface area contributed by atoms with Crippen molar-refractivity contribution in [2.45, 2.75) is 13.8 Å². The van der Waals surface area contributed by atoms with E-state index in [4.69, 9.17) is 15.2 Å². The van der Waals surface area contributed by atoms with Gasteiger partial charge >= 0.3 is 11.9 Å². The number of H-pyrrole nitrogens is 1. The lowest BCUT2D eigenvalue weighted by Gasteiger charge is -2.05. The number of fused-ring (bicyclic) bond motifs is 1. The Kier molecular flexibility index (Phi) is 3.65. The van der Waals surface area contributed by atoms with Crippen LogP contribution in [0.25, 0.3) is 10.9 Å². The average molecular weight is 276 g/mol. The Bertz CT molecular complexity index is 688. The maximum atomic E-state index is 11.9. The van der Waals surface area contributed by atoms with Crippen molar-refractivity contribution in [3.8, 4) is 0 Å². The van der Waals surface area contributed by atoms with Gasteiger partial charge in [-0.3, -0.25) is 0 Å². The van der Waals surface area contributed by atoms with Crippen LogP contribution < -0.4 is 5.73 Å². The minimum Gasteiger partial charge on any atom is -0.465 e. The van der Waals surface area contributed by atoms with Crippen LogP contribution in [0.3, 0.4) is 0 Å². The second-order valence-electron chi connectivity index (χ2n) is 4.34. The lowest BCUT2D eigenvalue weighted by Crippen LogP contribution is -2.07. The smallest absolute Gasteiger partial charge is 0.342 e. The molecule has 0 aliphatic rings. The maximum absolute atomic E-state index is 11.9. The van der Waals surface area contributed by atoms with Crippen molar-refractivity contribution >= 4 is 28.7 Å². The van der Waals surface area contributed by atoms with Gasteiger partial charge < -0.3 is 20.2 Å². The second-order valence-corrected chi connectivity index (χ2v) is 4.34. The highest BCUT2D eigenvalue weighted by Crippen LogP contribution is 2.28. The number of aromatic amines is 1. The van der Waals surface area contributed by atoms with E-state index in [1.165, 1.54) is 7.11 Å². The van der Waals surface area contributed by atoms with Crippen molar-refractivity contribution in [3.05, 3.63) is 28.8 Å². The molecule has 20 heavy (non-hydrogen) atoms. The summed E-state index contributed by atoms with van der Waals surface area (Å²) in [5, 5.41) is 0.631. The number of nitrogens with one attached hydrogen (secondary N) is 1. The van der Waals surface area contributed by atoms with E-state index in [1.807, 2.05) is 0 Å². The van der Waals surface area contributed by atoms with Gasteiger partial charge in [-0.05, 0) is 31.5 Å². The first-order chi connectivity index (χ1) is 9.49. The third-order valence-electron chi connectivity index (χ3n) is 3.06. The Labute approximate surface area is 115 Å². The molecule has 106 valence electrons. The van der Waals surface area contributed by atoms with Crippen LogP contribution >= 0.6 is 0 Å². The summed E-state index contributed by atoms with van der Waals surface area (Å²) in [6.45, 7) is 3.76. The summed E-state index contributed by atoms with van der Waals surface area (Å²) >= 11 is 0. The van der Waals surface area contributed by atoms with E-state index in [0.29, 0.717) is 27.6 Å². The van der Waals surface area contributed by atoms with Crippen LogP contribution in [0.4, 0.5) is 5.82 Å². The van der Waals surface area contributed by atoms with E-state index >= 15 is 0 Å². The van der Waals surface area contributed by atoms with Crippen molar-refractivity contribution < 1.29 is 19.1 Å². The van der Waals surface area contributed by atoms with Gasteiger partial charge in [-0.15, -0.1) is 0 Å². The zero-order valence-corrected chi connectivity index (χ0v) is 11.6. The van der Waals surface area contributed by atoms with Crippen molar-refractivity contribution in [3.63, 3.8) is 0 Å². The van der Waals surface area contributed by atoms with Gasteiger partial charge in [-0.2, -0.15) is 0 Å². The summed E-state index contributed by atoms with van der Waals surface area (Å²) in [6.07, 6.45) is 0. The van der Waals surface area contributed by atoms with Gasteiger partial charge in [-0.1, -0.05) is 0 Å². The molecule has 2 aromatic rings. The van der Waals surface area contributed by atoms with Crippen molar-refractivity contribution in [2.24, 2.45) is 0 Å². The van der Waals surface area contributed by atoms with Crippen LogP contribution in [0.1, 0.15) is 33.2 Å². The first-order valence-electron chi connectivity index (χ1n) is 6.16. The third kappa shape index (κ3) is 2.20. The maximum Gasteiger partial charge on any atom is 0.342 e. The number of methoxy groups -OCH3 is 1. The van der Waals surface area contributed by atoms with Gasteiger partial charge in [0, 0.05) is 10.9 Å². The van der Waals surface area contributed by atoms with E-state index in [0.717, 1.165) is 0 Å². The zero-order chi connectivity index (χ0) is 14.9. The fourth-order valence-corrected chi connectivity index (χ4v) is 2.12. The van der Waals surface area contributed by atoms with Crippen LogP contribution in [-0.4, -0.2) is 30.6 Å². The summed E-state index contributed by atoms with van der Waals surface area (Å²) in [5.41, 5.74) is 7.84. The minimum absolute atomic E-state index is 0.222. The quantitative estimate of drug-likeness (QED) is 0.836. The molecule has 0 saturated carbocycles. The van der Waals surface area contributed by atoms with Gasteiger partial charge in [0.2, 0.25) is 0 Å². The van der Waals surface area contributed by atoms with Crippen molar-refractivity contribution in [1.29, 1.82) is 0 Å². The Balaban J connectivity index is 2.64. The summed E-state index contributed by atoms with van der Waals surface area (Å²) in [7, 11) is 1.32. The van der Waals surface area contributed by atoms with E-state index in [9.17, 15) is 9.59 Å². The number of aromatic nitrogens is 1. The van der Waals surface area contributed by atoms with Gasteiger partial charge in [0.1, 0.15) is 11.4 Å². The van der Waals surface area contributed by atoms with Crippen LogP contribution in [0, 0.1) is 6.92 Å². The molecule has 1 heterocycles. The fraction of sp³-hybridized carbons (Fsp3) is 0.286. The molecule has 1 aromatic heterocycles.